The molecule has 0 saturated carbocycles. The van der Waals surface area contributed by atoms with Gasteiger partial charge in [0.1, 0.15) is 0 Å². The van der Waals surface area contributed by atoms with E-state index in [0.717, 1.165) is 61.8 Å². The third-order valence-electron chi connectivity index (χ3n) is 29.4. The molecule has 0 radical (unpaired) electrons. The Kier molecular flexibility index (Phi) is 13.0. The molecule has 0 spiro atoms. The summed E-state index contributed by atoms with van der Waals surface area (Å²) in [5, 5.41) is 30.1. The molecule has 0 aliphatic carbocycles. The Morgan fingerprint density at radius 2 is 0.385 bits per heavy atom. The van der Waals surface area contributed by atoms with Crippen molar-refractivity contribution in [3.8, 4) is 45.3 Å². The largest absolute Gasteiger partial charge is 0.309 e. The number of hydrogen-bond acceptors (Lipinski definition) is 2. The first-order valence-electron chi connectivity index (χ1n) is 44.8. The van der Waals surface area contributed by atoms with Gasteiger partial charge in [-0.15, -0.1) is 22.7 Å². The summed E-state index contributed by atoms with van der Waals surface area (Å²) in [6, 6.07) is 152. The summed E-state index contributed by atoms with van der Waals surface area (Å²) in [6.45, 7) is 0. The van der Waals surface area contributed by atoms with E-state index in [1.807, 2.05) is 22.7 Å². The molecule has 32 rings (SSSR count). The van der Waals surface area contributed by atoms with E-state index in [9.17, 15) is 0 Å². The molecule has 0 atom stereocenters. The minimum absolute atomic E-state index is 1.10. The molecule has 598 valence electrons. The fourth-order valence-corrected chi connectivity index (χ4v) is 26.6. The monoisotopic (exact) mass is 1680 g/mol. The first-order chi connectivity index (χ1) is 64.5. The summed E-state index contributed by atoms with van der Waals surface area (Å²) in [5.74, 6) is 0. The van der Waals surface area contributed by atoms with Gasteiger partial charge in [-0.25, -0.2) is 0 Å². The molecule has 8 nitrogen and oxygen atoms in total. The van der Waals surface area contributed by atoms with E-state index < -0.39 is 0 Å². The van der Waals surface area contributed by atoms with Gasteiger partial charge in [0, 0.05) is 182 Å². The van der Waals surface area contributed by atoms with Crippen LogP contribution in [0.15, 0.2) is 400 Å². The summed E-state index contributed by atoms with van der Waals surface area (Å²) >= 11 is 3.86. The first-order valence-corrected chi connectivity index (χ1v) is 46.4. The van der Waals surface area contributed by atoms with Crippen LogP contribution >= 0.6 is 22.7 Å². The van der Waals surface area contributed by atoms with Gasteiger partial charge in [-0.1, -0.05) is 212 Å². The van der Waals surface area contributed by atoms with Gasteiger partial charge in [0.2, 0.25) is 0 Å². The zero-order valence-corrected chi connectivity index (χ0v) is 71.1. The van der Waals surface area contributed by atoms with Crippen LogP contribution in [-0.2, 0) is 0 Å². The Morgan fingerprint density at radius 1 is 0.138 bits per heavy atom. The number of hydrogen-bond donors (Lipinski definition) is 0. The Labute approximate surface area is 746 Å². The Balaban J connectivity index is 0.604. The molecule has 0 saturated heterocycles. The lowest BCUT2D eigenvalue weighted by molar-refractivity contribution is 1.16. The van der Waals surface area contributed by atoms with Gasteiger partial charge < -0.3 is 36.2 Å². The molecule has 0 aliphatic rings. The van der Waals surface area contributed by atoms with Crippen LogP contribution in [0, 0.1) is 0 Å². The average molecular weight is 1680 g/mol. The van der Waals surface area contributed by atoms with Crippen LogP contribution < -0.4 is 0 Å². The number of thiophene rings is 2. The zero-order chi connectivity index (χ0) is 83.9. The molecule has 10 heteroatoms. The SMILES string of the molecule is c1ccc2c(c1)sc1c2cc2c3cc4c(cc3n3c5cc(-c6ccc(-n7c8ccc(-n9c%10ccccc%10c%10ccccc%109)cc8c8cc(-n9c%10ccccc%10c%10ccccc%109)ccc87)cc6)ccc5c1c23)c1cc2c3ccccc3sc2c2c3ccc(-n5c6ccc(-n7c8ccccc8c8ccccc87)cc6c6cc(-n7c8ccccc8c8ccccc87)ccc65)cc3n4c12. The van der Waals surface area contributed by atoms with Crippen LogP contribution in [0.5, 0.6) is 0 Å². The Bertz CT molecular complexity index is 10200. The second-order valence-electron chi connectivity index (χ2n) is 35.7. The molecular formula is C120H66N8S2. The topological polar surface area (TPSA) is 38.4 Å². The van der Waals surface area contributed by atoms with Crippen LogP contribution in [0.4, 0.5) is 0 Å². The summed E-state index contributed by atoms with van der Waals surface area (Å²) in [6.07, 6.45) is 0. The molecule has 0 N–H and O–H groups in total. The molecule has 0 unspecified atom stereocenters. The molecular weight excluding hydrogens is 1620 g/mol. The summed E-state index contributed by atoms with van der Waals surface area (Å²) in [4.78, 5) is 0. The lowest BCUT2D eigenvalue weighted by atomic mass is 10.00. The van der Waals surface area contributed by atoms with Crippen LogP contribution in [0.25, 0.3) is 293 Å². The fourth-order valence-electron chi connectivity index (χ4n) is 24.1. The van der Waals surface area contributed by atoms with Crippen molar-refractivity contribution in [2.75, 3.05) is 0 Å². The molecule has 12 heterocycles. The van der Waals surface area contributed by atoms with Gasteiger partial charge in [0.25, 0.3) is 0 Å². The second kappa shape index (κ2) is 24.7. The molecule has 0 aliphatic heterocycles. The first kappa shape index (κ1) is 68.6. The van der Waals surface area contributed by atoms with Crippen molar-refractivity contribution in [1.29, 1.82) is 0 Å². The maximum absolute atomic E-state index is 2.66. The number of para-hydroxylation sites is 8. The second-order valence-corrected chi connectivity index (χ2v) is 37.8. The Morgan fingerprint density at radius 3 is 0.731 bits per heavy atom. The maximum atomic E-state index is 2.66. The standard InChI is InChI=1S/C120H66N8S2/c1-11-31-97-75(21-1)76-22-2-12-32-98(76)122(97)70-47-53-105-87(58-70)88-59-71(123-99-33-13-3-23-77(99)78-24-4-14-34-100(78)123)48-54-106(88)121(105)69-44-41-67(42-45-69)68-43-51-85-109(57-68)127-111-65-92-94-64-96-84-30-10-20-40-114(84)130-120(96)116-86-52-46-74(62-110(86)128(118(94)116)112(92)66-91(111)93-63-95-83-29-9-19-39-113(83)129-119(95)115(85)117(93)127)126-107-55-49-72(124-101-35-15-5-25-79(101)80-26-6-16-36-102(80)124)60-89(107)90-61-73(50-56-108(90)126)125-103-37-17-7-27-81(103)82-28-8-18-38-104(82)125/h1-66H. The molecule has 20 aromatic carbocycles. The zero-order valence-electron chi connectivity index (χ0n) is 69.5. The number of aromatic nitrogens is 8. The normalized spacial score (nSPS) is 12.8. The lowest BCUT2D eigenvalue weighted by Crippen LogP contribution is -1.96. The van der Waals surface area contributed by atoms with Crippen LogP contribution in [0.1, 0.15) is 0 Å². The molecule has 130 heavy (non-hydrogen) atoms. The smallest absolute Gasteiger partial charge is 0.0635 e. The van der Waals surface area contributed by atoms with Gasteiger partial charge in [-0.3, -0.25) is 0 Å². The number of fused-ring (bicyclic) bond motifs is 38. The highest BCUT2D eigenvalue weighted by Crippen LogP contribution is 2.54. The van der Waals surface area contributed by atoms with E-state index in [-0.39, 0.29) is 0 Å². The molecule has 0 bridgehead atoms. The summed E-state index contributed by atoms with van der Waals surface area (Å²) in [7, 11) is 0. The van der Waals surface area contributed by atoms with Crippen LogP contribution in [0.3, 0.4) is 0 Å². The van der Waals surface area contributed by atoms with Gasteiger partial charge in [-0.2, -0.15) is 0 Å². The minimum Gasteiger partial charge on any atom is -0.309 e. The van der Waals surface area contributed by atoms with Crippen molar-refractivity contribution in [3.05, 3.63) is 400 Å². The highest BCUT2D eigenvalue weighted by molar-refractivity contribution is 7.27. The quantitative estimate of drug-likeness (QED) is 0.153. The Hall–Kier alpha value is -16.8. The number of rotatable bonds is 7. The average Bonchev–Trinajstić information content (AvgIpc) is 1.50. The summed E-state index contributed by atoms with van der Waals surface area (Å²) < 4.78 is 25.4. The van der Waals surface area contributed by atoms with Crippen molar-refractivity contribution in [1.82, 2.24) is 36.2 Å². The van der Waals surface area contributed by atoms with Crippen molar-refractivity contribution in [2.45, 2.75) is 0 Å². The van der Waals surface area contributed by atoms with Gasteiger partial charge in [-0.05, 0) is 199 Å². The molecule has 0 fully saturated rings. The van der Waals surface area contributed by atoms with Crippen LogP contribution in [0.2, 0.25) is 0 Å². The molecule has 0 amide bonds. The van der Waals surface area contributed by atoms with Crippen molar-refractivity contribution >= 4 is 270 Å². The summed E-state index contributed by atoms with van der Waals surface area (Å²) in [5.41, 5.74) is 30.5. The maximum Gasteiger partial charge on any atom is 0.0635 e. The third kappa shape index (κ3) is 8.74. The van der Waals surface area contributed by atoms with Crippen molar-refractivity contribution in [2.24, 2.45) is 0 Å². The highest BCUT2D eigenvalue weighted by Gasteiger charge is 2.30. The van der Waals surface area contributed by atoms with Gasteiger partial charge in [0.05, 0.1) is 99.3 Å². The van der Waals surface area contributed by atoms with E-state index in [2.05, 4.69) is 437 Å². The lowest BCUT2D eigenvalue weighted by Gasteiger charge is -2.12. The molecule has 32 aromatic rings. The number of nitrogens with zero attached hydrogens (tertiary/aromatic N) is 8. The van der Waals surface area contributed by atoms with Gasteiger partial charge >= 0.3 is 0 Å². The fraction of sp³-hybridized carbons (Fsp3) is 0. The predicted octanol–water partition coefficient (Wildman–Crippen LogP) is 33.0. The van der Waals surface area contributed by atoms with E-state index in [1.54, 1.807) is 0 Å². The van der Waals surface area contributed by atoms with Gasteiger partial charge in [0.15, 0.2) is 0 Å². The van der Waals surface area contributed by atoms with Crippen LogP contribution in [-0.4, -0.2) is 36.2 Å². The predicted molar refractivity (Wildman–Crippen MR) is 553 cm³/mol. The number of benzene rings is 20. The van der Waals surface area contributed by atoms with E-state index in [0.29, 0.717) is 0 Å². The molecule has 12 aromatic heterocycles. The van der Waals surface area contributed by atoms with Crippen molar-refractivity contribution < 1.29 is 0 Å². The van der Waals surface area contributed by atoms with Crippen molar-refractivity contribution in [3.63, 3.8) is 0 Å². The highest BCUT2D eigenvalue weighted by atomic mass is 32.1. The minimum atomic E-state index is 1.10. The van der Waals surface area contributed by atoms with E-state index >= 15 is 0 Å². The van der Waals surface area contributed by atoms with E-state index in [4.69, 9.17) is 0 Å². The van der Waals surface area contributed by atoms with E-state index in [1.165, 1.54) is 231 Å². The third-order valence-corrected chi connectivity index (χ3v) is 31.8.